The van der Waals surface area contributed by atoms with E-state index in [2.05, 4.69) is 20.5 Å². The molecule has 1 rings (SSSR count). The Morgan fingerprint density at radius 2 is 2.36 bits per heavy atom. The van der Waals surface area contributed by atoms with Gasteiger partial charge in [0.2, 0.25) is 0 Å². The van der Waals surface area contributed by atoms with Crippen LogP contribution in [0.3, 0.4) is 0 Å². The summed E-state index contributed by atoms with van der Waals surface area (Å²) in [5, 5.41) is 9.46. The molecule has 0 radical (unpaired) electrons. The summed E-state index contributed by atoms with van der Waals surface area (Å²) in [7, 11) is 0. The average molecular weight is 198 g/mol. The second kappa shape index (κ2) is 5.33. The standard InChI is InChI=1S/C8H14N4O2/c1-3-9-5-6-10-7(12-11-6)8(13)14-4-2/h9H,3-5H2,1-2H3,(H,10,11,12). The van der Waals surface area contributed by atoms with Crippen LogP contribution in [0.1, 0.15) is 30.3 Å². The summed E-state index contributed by atoms with van der Waals surface area (Å²) in [6, 6.07) is 0. The number of aromatic amines is 1. The van der Waals surface area contributed by atoms with Crippen LogP contribution >= 0.6 is 0 Å². The minimum atomic E-state index is -0.494. The third-order valence-corrected chi connectivity index (χ3v) is 1.53. The van der Waals surface area contributed by atoms with Gasteiger partial charge in [0.15, 0.2) is 0 Å². The molecular weight excluding hydrogens is 184 g/mol. The molecule has 0 atom stereocenters. The SMILES string of the molecule is CCNCc1nc(C(=O)OCC)n[nH]1. The van der Waals surface area contributed by atoms with Crippen LogP contribution in [0.4, 0.5) is 0 Å². The number of H-pyrrole nitrogens is 1. The fraction of sp³-hybridized carbons (Fsp3) is 0.625. The van der Waals surface area contributed by atoms with Crippen LogP contribution in [-0.2, 0) is 11.3 Å². The molecule has 78 valence electrons. The van der Waals surface area contributed by atoms with Gasteiger partial charge < -0.3 is 10.1 Å². The van der Waals surface area contributed by atoms with Crippen molar-refractivity contribution in [3.05, 3.63) is 11.6 Å². The van der Waals surface area contributed by atoms with Crippen LogP contribution in [0.5, 0.6) is 0 Å². The number of nitrogens with zero attached hydrogens (tertiary/aromatic N) is 2. The number of rotatable bonds is 5. The summed E-state index contributed by atoms with van der Waals surface area (Å²) < 4.78 is 4.74. The van der Waals surface area contributed by atoms with Crippen LogP contribution in [0, 0.1) is 0 Å². The molecule has 6 heteroatoms. The Kier molecular flexibility index (Phi) is 4.06. The van der Waals surface area contributed by atoms with Gasteiger partial charge in [-0.3, -0.25) is 5.10 Å². The van der Waals surface area contributed by atoms with Crippen LogP contribution in [-0.4, -0.2) is 34.3 Å². The smallest absolute Gasteiger partial charge is 0.378 e. The lowest BCUT2D eigenvalue weighted by Crippen LogP contribution is -2.13. The van der Waals surface area contributed by atoms with Gasteiger partial charge in [-0.15, -0.1) is 5.10 Å². The Balaban J connectivity index is 2.54. The maximum absolute atomic E-state index is 11.1. The molecule has 0 aliphatic heterocycles. The van der Waals surface area contributed by atoms with Crippen molar-refractivity contribution in [3.63, 3.8) is 0 Å². The Morgan fingerprint density at radius 1 is 1.57 bits per heavy atom. The molecule has 0 aliphatic rings. The topological polar surface area (TPSA) is 79.9 Å². The van der Waals surface area contributed by atoms with Crippen LogP contribution in [0.15, 0.2) is 0 Å². The van der Waals surface area contributed by atoms with Crippen molar-refractivity contribution in [2.75, 3.05) is 13.2 Å². The van der Waals surface area contributed by atoms with Gasteiger partial charge in [-0.25, -0.2) is 9.78 Å². The largest absolute Gasteiger partial charge is 0.460 e. The number of carbonyl (C=O) groups is 1. The monoisotopic (exact) mass is 198 g/mol. The lowest BCUT2D eigenvalue weighted by Gasteiger charge is -1.95. The predicted octanol–water partition coefficient (Wildman–Crippen LogP) is 0.0909. The van der Waals surface area contributed by atoms with Gasteiger partial charge in [0.25, 0.3) is 5.82 Å². The van der Waals surface area contributed by atoms with Crippen LogP contribution < -0.4 is 5.32 Å². The van der Waals surface area contributed by atoms with E-state index in [0.29, 0.717) is 19.0 Å². The highest BCUT2D eigenvalue weighted by molar-refractivity contribution is 5.84. The second-order valence-corrected chi connectivity index (χ2v) is 2.61. The highest BCUT2D eigenvalue weighted by Crippen LogP contribution is 1.95. The van der Waals surface area contributed by atoms with Crippen molar-refractivity contribution >= 4 is 5.97 Å². The van der Waals surface area contributed by atoms with Crippen molar-refractivity contribution < 1.29 is 9.53 Å². The van der Waals surface area contributed by atoms with Crippen LogP contribution in [0.25, 0.3) is 0 Å². The number of ether oxygens (including phenoxy) is 1. The molecule has 6 nitrogen and oxygen atoms in total. The minimum Gasteiger partial charge on any atom is -0.460 e. The lowest BCUT2D eigenvalue weighted by atomic mass is 10.5. The zero-order valence-electron chi connectivity index (χ0n) is 8.33. The van der Waals surface area contributed by atoms with E-state index < -0.39 is 5.97 Å². The first-order chi connectivity index (χ1) is 6.77. The van der Waals surface area contributed by atoms with E-state index in [1.54, 1.807) is 6.92 Å². The van der Waals surface area contributed by atoms with E-state index in [9.17, 15) is 4.79 Å². The van der Waals surface area contributed by atoms with Crippen LogP contribution in [0.2, 0.25) is 0 Å². The molecule has 1 aromatic rings. The average Bonchev–Trinajstić information content (AvgIpc) is 2.63. The number of hydrogen-bond donors (Lipinski definition) is 2. The first kappa shape index (κ1) is 10.6. The zero-order valence-corrected chi connectivity index (χ0v) is 8.33. The molecule has 0 spiro atoms. The first-order valence-corrected chi connectivity index (χ1v) is 4.57. The lowest BCUT2D eigenvalue weighted by molar-refractivity contribution is 0.0512. The van der Waals surface area contributed by atoms with E-state index in [1.807, 2.05) is 6.92 Å². The Labute approximate surface area is 82.1 Å². The van der Waals surface area contributed by atoms with Gasteiger partial charge in [-0.2, -0.15) is 0 Å². The van der Waals surface area contributed by atoms with E-state index in [-0.39, 0.29) is 5.82 Å². The molecular formula is C8H14N4O2. The minimum absolute atomic E-state index is 0.0831. The maximum atomic E-state index is 11.1. The maximum Gasteiger partial charge on any atom is 0.378 e. The second-order valence-electron chi connectivity index (χ2n) is 2.61. The predicted molar refractivity (Wildman–Crippen MR) is 49.7 cm³/mol. The number of nitrogens with one attached hydrogen (secondary N) is 2. The molecule has 0 aromatic carbocycles. The van der Waals surface area contributed by atoms with Crippen molar-refractivity contribution in [1.29, 1.82) is 0 Å². The highest BCUT2D eigenvalue weighted by Gasteiger charge is 2.12. The fourth-order valence-corrected chi connectivity index (χ4v) is 0.905. The van der Waals surface area contributed by atoms with Gasteiger partial charge >= 0.3 is 5.97 Å². The van der Waals surface area contributed by atoms with E-state index in [1.165, 1.54) is 0 Å². The number of esters is 1. The zero-order chi connectivity index (χ0) is 10.4. The Hall–Kier alpha value is -1.43. The van der Waals surface area contributed by atoms with Crippen molar-refractivity contribution in [2.45, 2.75) is 20.4 Å². The van der Waals surface area contributed by atoms with E-state index >= 15 is 0 Å². The van der Waals surface area contributed by atoms with Gasteiger partial charge in [0, 0.05) is 0 Å². The quantitative estimate of drug-likeness (QED) is 0.655. The third-order valence-electron chi connectivity index (χ3n) is 1.53. The molecule has 0 amide bonds. The molecule has 1 heterocycles. The summed E-state index contributed by atoms with van der Waals surface area (Å²) in [6.07, 6.45) is 0. The van der Waals surface area contributed by atoms with E-state index in [4.69, 9.17) is 4.74 Å². The number of aromatic nitrogens is 3. The number of carbonyl (C=O) groups excluding carboxylic acids is 1. The normalized spacial score (nSPS) is 10.1. The van der Waals surface area contributed by atoms with E-state index in [0.717, 1.165) is 6.54 Å². The Bertz CT molecular complexity index is 297. The first-order valence-electron chi connectivity index (χ1n) is 4.57. The number of hydrogen-bond acceptors (Lipinski definition) is 5. The van der Waals surface area contributed by atoms with Crippen molar-refractivity contribution in [3.8, 4) is 0 Å². The molecule has 14 heavy (non-hydrogen) atoms. The molecule has 0 saturated carbocycles. The molecule has 2 N–H and O–H groups in total. The molecule has 0 saturated heterocycles. The highest BCUT2D eigenvalue weighted by atomic mass is 16.5. The van der Waals surface area contributed by atoms with Gasteiger partial charge in [-0.1, -0.05) is 6.92 Å². The molecule has 0 bridgehead atoms. The van der Waals surface area contributed by atoms with Gasteiger partial charge in [-0.05, 0) is 13.5 Å². The molecule has 1 aromatic heterocycles. The molecule has 0 aliphatic carbocycles. The fourth-order valence-electron chi connectivity index (χ4n) is 0.905. The molecule has 0 unspecified atom stereocenters. The Morgan fingerprint density at radius 3 is 3.00 bits per heavy atom. The van der Waals surface area contributed by atoms with Crippen molar-refractivity contribution in [2.24, 2.45) is 0 Å². The molecule has 0 fully saturated rings. The third kappa shape index (κ3) is 2.81. The van der Waals surface area contributed by atoms with Gasteiger partial charge in [0.05, 0.1) is 13.2 Å². The summed E-state index contributed by atoms with van der Waals surface area (Å²) in [5.74, 6) is 0.223. The summed E-state index contributed by atoms with van der Waals surface area (Å²) in [6.45, 7) is 5.47. The summed E-state index contributed by atoms with van der Waals surface area (Å²) >= 11 is 0. The van der Waals surface area contributed by atoms with Crippen molar-refractivity contribution in [1.82, 2.24) is 20.5 Å². The summed E-state index contributed by atoms with van der Waals surface area (Å²) in [5.41, 5.74) is 0. The van der Waals surface area contributed by atoms with Gasteiger partial charge in [0.1, 0.15) is 5.82 Å². The summed E-state index contributed by atoms with van der Waals surface area (Å²) in [4.78, 5) is 15.1.